The second-order valence-electron chi connectivity index (χ2n) is 25.6. The molecule has 22 nitrogen and oxygen atoms in total. The maximum absolute atomic E-state index is 14.5. The molecule has 23 heteroatoms. The zero-order valence-electron chi connectivity index (χ0n) is 53.0. The Bertz CT molecular complexity index is 2880. The van der Waals surface area contributed by atoms with Gasteiger partial charge in [0, 0.05) is 60.8 Å². The van der Waals surface area contributed by atoms with Gasteiger partial charge >= 0.3 is 6.03 Å². The van der Waals surface area contributed by atoms with Crippen molar-refractivity contribution in [3.8, 4) is 0 Å². The number of sulfonamides is 1. The fourth-order valence-corrected chi connectivity index (χ4v) is 11.3. The minimum absolute atomic E-state index is 0.00591. The van der Waals surface area contributed by atoms with Crippen molar-refractivity contribution in [1.29, 1.82) is 0 Å². The molecule has 0 radical (unpaired) electrons. The number of primary amides is 1. The van der Waals surface area contributed by atoms with E-state index in [1.165, 1.54) is 48.3 Å². The van der Waals surface area contributed by atoms with Crippen molar-refractivity contribution in [3.05, 3.63) is 83.5 Å². The summed E-state index contributed by atoms with van der Waals surface area (Å²) in [5.41, 5.74) is 3.94. The largest absolute Gasteiger partial charge is 0.380 e. The first-order chi connectivity index (χ1) is 39.3. The standard InChI is InChI=1S/C62H96N10O12S/c1-18-41-33-43(66-54(77)44(26-23-31-65-58(63)81)67-55(78)50(39(5)6)68-47(73)34-62(15,19-2)37-84-36-60(11,12)35-72-48(74)29-30-49(72)75)27-28-46(41)85(82,83)70-53(76)40(7)32-45(38(3)4)71(17)57(80)52(59(8,9)10)69-56(79)51(64-16)61(13,14)42-24-21-20-22-25-42/h20-22,24-25,27-30,32-33,38-39,44-45,50-52,64H,18-19,23,26,31,34-37H2,1-17H3,(H,66,77)(H,67,78)(H,68,73)(H,69,79)(H,70,76)(H3,63,65,81). The van der Waals surface area contributed by atoms with Crippen molar-refractivity contribution in [3.63, 3.8) is 0 Å². The summed E-state index contributed by atoms with van der Waals surface area (Å²) in [6.45, 7) is 27.8. The van der Waals surface area contributed by atoms with Crippen LogP contribution in [0.5, 0.6) is 0 Å². The number of nitrogens with two attached hydrogens (primary N) is 1. The molecule has 2 aromatic rings. The number of carbonyl (C=O) groups is 9. The zero-order valence-corrected chi connectivity index (χ0v) is 53.9. The summed E-state index contributed by atoms with van der Waals surface area (Å²) in [5, 5.41) is 17.0. The number of nitrogens with one attached hydrogen (secondary N) is 7. The molecule has 1 heterocycles. The van der Waals surface area contributed by atoms with E-state index in [1.807, 2.05) is 106 Å². The fourth-order valence-electron chi connectivity index (χ4n) is 9.95. The van der Waals surface area contributed by atoms with Gasteiger partial charge in [-0.15, -0.1) is 0 Å². The summed E-state index contributed by atoms with van der Waals surface area (Å²) in [7, 11) is -1.27. The average molecular weight is 1210 g/mol. The molecule has 0 bridgehead atoms. The van der Waals surface area contributed by atoms with Crippen LogP contribution in [0.25, 0.3) is 0 Å². The molecule has 10 amide bonds. The predicted molar refractivity (Wildman–Crippen MR) is 328 cm³/mol. The Morgan fingerprint density at radius 1 is 0.788 bits per heavy atom. The molecule has 0 spiro atoms. The summed E-state index contributed by atoms with van der Waals surface area (Å²) in [6, 6.07) is 8.10. The van der Waals surface area contributed by atoms with E-state index in [4.69, 9.17) is 10.5 Å². The van der Waals surface area contributed by atoms with Crippen molar-refractivity contribution >= 4 is 69.0 Å². The molecule has 472 valence electrons. The van der Waals surface area contributed by atoms with Crippen LogP contribution in [0.1, 0.15) is 141 Å². The van der Waals surface area contributed by atoms with Crippen LogP contribution in [0.2, 0.25) is 0 Å². The van der Waals surface area contributed by atoms with Crippen molar-refractivity contribution < 1.29 is 56.3 Å². The number of urea groups is 1. The first-order valence-corrected chi connectivity index (χ1v) is 30.6. The first-order valence-electron chi connectivity index (χ1n) is 29.1. The minimum Gasteiger partial charge on any atom is -0.380 e. The van der Waals surface area contributed by atoms with E-state index in [2.05, 4.69) is 36.6 Å². The topological polar surface area (TPSA) is 314 Å². The number of benzene rings is 2. The van der Waals surface area contributed by atoms with Crippen LogP contribution < -0.4 is 42.4 Å². The highest BCUT2D eigenvalue weighted by molar-refractivity contribution is 7.90. The number of amides is 10. The molecule has 6 unspecified atom stereocenters. The van der Waals surface area contributed by atoms with Gasteiger partial charge in [0.25, 0.3) is 27.7 Å². The van der Waals surface area contributed by atoms with Crippen LogP contribution >= 0.6 is 0 Å². The summed E-state index contributed by atoms with van der Waals surface area (Å²) >= 11 is 0. The van der Waals surface area contributed by atoms with E-state index in [1.54, 1.807) is 34.9 Å². The van der Waals surface area contributed by atoms with Gasteiger partial charge < -0.3 is 47.3 Å². The number of ether oxygens (including phenoxy) is 1. The van der Waals surface area contributed by atoms with Gasteiger partial charge in [0.15, 0.2) is 0 Å². The third kappa shape index (κ3) is 20.9. The Morgan fingerprint density at radius 3 is 1.93 bits per heavy atom. The molecule has 9 N–H and O–H groups in total. The van der Waals surface area contributed by atoms with Gasteiger partial charge in [0.2, 0.25) is 29.5 Å². The van der Waals surface area contributed by atoms with Gasteiger partial charge in [-0.05, 0) is 91.6 Å². The average Bonchev–Trinajstić information content (AvgIpc) is 3.84. The smallest absolute Gasteiger partial charge is 0.312 e. The molecule has 1 aliphatic rings. The van der Waals surface area contributed by atoms with Crippen LogP contribution in [0.15, 0.2) is 77.2 Å². The Labute approximate surface area is 503 Å². The lowest BCUT2D eigenvalue weighted by Crippen LogP contribution is -2.61. The number of aryl methyl sites for hydroxylation is 1. The Balaban J connectivity index is 1.79. The first kappa shape index (κ1) is 72.3. The van der Waals surface area contributed by atoms with Gasteiger partial charge in [-0.1, -0.05) is 133 Å². The molecule has 0 aliphatic carbocycles. The second-order valence-corrected chi connectivity index (χ2v) is 27.3. The van der Waals surface area contributed by atoms with Crippen LogP contribution in [0.4, 0.5) is 10.5 Å². The monoisotopic (exact) mass is 1200 g/mol. The zero-order chi connectivity index (χ0) is 64.6. The van der Waals surface area contributed by atoms with Gasteiger partial charge in [-0.2, -0.15) is 0 Å². The van der Waals surface area contributed by atoms with Crippen molar-refractivity contribution in [1.82, 2.24) is 41.1 Å². The Hall–Kier alpha value is -6.98. The van der Waals surface area contributed by atoms with Crippen molar-refractivity contribution in [2.45, 2.75) is 176 Å². The maximum atomic E-state index is 14.5. The maximum Gasteiger partial charge on any atom is 0.312 e. The summed E-state index contributed by atoms with van der Waals surface area (Å²) < 4.78 is 36.3. The van der Waals surface area contributed by atoms with E-state index < -0.39 is 115 Å². The van der Waals surface area contributed by atoms with Crippen LogP contribution in [-0.4, -0.2) is 142 Å². The molecular formula is C62H96N10O12S. The number of nitrogens with zero attached hydrogens (tertiary/aromatic N) is 2. The van der Waals surface area contributed by atoms with Crippen molar-refractivity contribution in [2.24, 2.45) is 33.8 Å². The molecule has 0 saturated carbocycles. The Kier molecular flexibility index (Phi) is 26.3. The van der Waals surface area contributed by atoms with E-state index in [-0.39, 0.29) is 85.5 Å². The van der Waals surface area contributed by atoms with E-state index in [0.717, 1.165) is 10.5 Å². The fraction of sp³-hybridized carbons (Fsp3) is 0.597. The summed E-state index contributed by atoms with van der Waals surface area (Å²) in [5.74, 6) is -5.00. The van der Waals surface area contributed by atoms with Gasteiger partial charge in [0.1, 0.15) is 18.1 Å². The highest BCUT2D eigenvalue weighted by Crippen LogP contribution is 2.31. The third-order valence-corrected chi connectivity index (χ3v) is 16.8. The van der Waals surface area contributed by atoms with Crippen LogP contribution in [0.3, 0.4) is 0 Å². The number of hydrogen-bond donors (Lipinski definition) is 8. The number of carbonyl (C=O) groups excluding carboxylic acids is 9. The molecule has 3 rings (SSSR count). The quantitative estimate of drug-likeness (QED) is 0.0260. The molecule has 0 fully saturated rings. The van der Waals surface area contributed by atoms with Gasteiger partial charge in [0.05, 0.1) is 30.2 Å². The lowest BCUT2D eigenvalue weighted by atomic mass is 9.76. The molecule has 1 aliphatic heterocycles. The lowest BCUT2D eigenvalue weighted by molar-refractivity contribution is -0.141. The van der Waals surface area contributed by atoms with E-state index in [9.17, 15) is 51.6 Å². The second kappa shape index (κ2) is 30.9. The van der Waals surface area contributed by atoms with Gasteiger partial charge in [-0.25, -0.2) is 17.9 Å². The molecule has 2 aromatic carbocycles. The predicted octanol–water partition coefficient (Wildman–Crippen LogP) is 5.37. The molecule has 85 heavy (non-hydrogen) atoms. The van der Waals surface area contributed by atoms with Crippen LogP contribution in [-0.2, 0) is 65.0 Å². The van der Waals surface area contributed by atoms with Crippen LogP contribution in [0, 0.1) is 28.1 Å². The highest BCUT2D eigenvalue weighted by Gasteiger charge is 2.42. The summed E-state index contributed by atoms with van der Waals surface area (Å²) in [6.07, 6.45) is 4.85. The SMILES string of the molecule is CCc1cc(NC(=O)C(CCCNC(N)=O)NC(=O)C(NC(=O)CC(C)(CC)COCC(C)(C)CN2C(=O)C=CC2=O)C(C)C)ccc1S(=O)(=O)NC(=O)C(C)=CC(C(C)C)N(C)C(=O)C(NC(=O)C(NC)C(C)(C)c1ccccc1)C(C)(C)C. The summed E-state index contributed by atoms with van der Waals surface area (Å²) in [4.78, 5) is 122. The molecule has 0 saturated heterocycles. The highest BCUT2D eigenvalue weighted by atomic mass is 32.2. The minimum atomic E-state index is -4.54. The number of imide groups is 1. The molecule has 0 aromatic heterocycles. The molecular weight excluding hydrogens is 1110 g/mol. The van der Waals surface area contributed by atoms with Gasteiger partial charge in [-0.3, -0.25) is 43.3 Å². The molecule has 6 atom stereocenters. The normalized spacial score (nSPS) is 15.8. The number of anilines is 1. The third-order valence-electron chi connectivity index (χ3n) is 15.4. The lowest BCUT2D eigenvalue weighted by Gasteiger charge is -2.40. The van der Waals surface area contributed by atoms with E-state index >= 15 is 0 Å². The number of likely N-dealkylation sites (N-methyl/N-ethyl adjacent to an activating group) is 2. The number of hydrogen-bond acceptors (Lipinski definition) is 13. The van der Waals surface area contributed by atoms with E-state index in [0.29, 0.717) is 6.42 Å². The number of rotatable bonds is 32. The Morgan fingerprint density at radius 2 is 1.40 bits per heavy atom. The van der Waals surface area contributed by atoms with Crippen molar-refractivity contribution in [2.75, 3.05) is 45.7 Å².